The third-order valence-corrected chi connectivity index (χ3v) is 6.75. The molecule has 3 amide bonds. The number of piperidine rings is 1. The molecule has 1 unspecified atom stereocenters. The Kier molecular flexibility index (Phi) is 5.59. The number of carbonyl (C=O) groups excluding carboxylic acids is 2. The average Bonchev–Trinajstić information content (AvgIpc) is 3.10. The standard InChI is InChI=1S/C24H28N6O2/c31-21(18-7-4-12-25-15-18)29-14-6-11-24(17-29)22(27-19-8-2-1-3-9-19)28-23(32)30(24)20-10-5-13-26-16-20/h4-5,7,10,12-13,15-16,19H,1-3,6,8-9,11,14,17H2,(H,27,28,32). The molecule has 5 rings (SSSR count). The molecule has 1 saturated carbocycles. The second-order valence-corrected chi connectivity index (χ2v) is 8.85. The Balaban J connectivity index is 1.53. The number of nitrogens with zero attached hydrogens (tertiary/aromatic N) is 5. The molecule has 1 atom stereocenters. The van der Waals surface area contributed by atoms with E-state index >= 15 is 0 Å². The quantitative estimate of drug-likeness (QED) is 0.805. The summed E-state index contributed by atoms with van der Waals surface area (Å²) in [6, 6.07) is 7.28. The molecule has 2 aromatic heterocycles. The van der Waals surface area contributed by atoms with Gasteiger partial charge in [-0.25, -0.2) is 4.79 Å². The van der Waals surface area contributed by atoms with Crippen molar-refractivity contribution in [1.29, 1.82) is 0 Å². The molecule has 1 spiro atoms. The Hall–Kier alpha value is -3.29. The van der Waals surface area contributed by atoms with Crippen molar-refractivity contribution in [1.82, 2.24) is 20.2 Å². The number of urea groups is 1. The summed E-state index contributed by atoms with van der Waals surface area (Å²) in [6.07, 6.45) is 13.8. The molecule has 166 valence electrons. The second kappa shape index (κ2) is 8.68. The van der Waals surface area contributed by atoms with E-state index in [4.69, 9.17) is 4.99 Å². The summed E-state index contributed by atoms with van der Waals surface area (Å²) in [7, 11) is 0. The van der Waals surface area contributed by atoms with Crippen LogP contribution in [0.2, 0.25) is 0 Å². The van der Waals surface area contributed by atoms with Crippen molar-refractivity contribution in [3.8, 4) is 0 Å². The molecule has 2 aliphatic heterocycles. The van der Waals surface area contributed by atoms with Crippen LogP contribution in [-0.2, 0) is 0 Å². The zero-order valence-electron chi connectivity index (χ0n) is 18.1. The van der Waals surface area contributed by atoms with Crippen LogP contribution in [0.25, 0.3) is 0 Å². The highest BCUT2D eigenvalue weighted by atomic mass is 16.2. The minimum atomic E-state index is -0.715. The Morgan fingerprint density at radius 1 is 1.06 bits per heavy atom. The van der Waals surface area contributed by atoms with Crippen molar-refractivity contribution in [2.24, 2.45) is 4.99 Å². The van der Waals surface area contributed by atoms with E-state index in [2.05, 4.69) is 15.3 Å². The lowest BCUT2D eigenvalue weighted by molar-refractivity contribution is 0.0686. The van der Waals surface area contributed by atoms with Crippen molar-refractivity contribution in [3.05, 3.63) is 54.6 Å². The second-order valence-electron chi connectivity index (χ2n) is 8.85. The molecule has 0 radical (unpaired) electrons. The monoisotopic (exact) mass is 432 g/mol. The third kappa shape index (κ3) is 3.74. The smallest absolute Gasteiger partial charge is 0.328 e. The van der Waals surface area contributed by atoms with Gasteiger partial charge in [0.05, 0.1) is 30.0 Å². The zero-order chi connectivity index (χ0) is 22.0. The lowest BCUT2D eigenvalue weighted by atomic mass is 9.85. The van der Waals surface area contributed by atoms with Gasteiger partial charge in [0, 0.05) is 25.1 Å². The Morgan fingerprint density at radius 3 is 2.56 bits per heavy atom. The normalized spacial score (nSPS) is 25.4. The van der Waals surface area contributed by atoms with Crippen LogP contribution in [0.1, 0.15) is 55.3 Å². The number of aliphatic imine (C=N–C) groups is 1. The fraction of sp³-hybridized carbons (Fsp3) is 0.458. The number of anilines is 1. The first-order valence-electron chi connectivity index (χ1n) is 11.5. The summed E-state index contributed by atoms with van der Waals surface area (Å²) >= 11 is 0. The van der Waals surface area contributed by atoms with Crippen LogP contribution >= 0.6 is 0 Å². The van der Waals surface area contributed by atoms with Crippen molar-refractivity contribution in [2.45, 2.75) is 56.5 Å². The molecule has 1 aliphatic carbocycles. The maximum Gasteiger partial charge on any atom is 0.328 e. The van der Waals surface area contributed by atoms with Crippen LogP contribution in [0.5, 0.6) is 0 Å². The molecule has 2 saturated heterocycles. The number of aromatic nitrogens is 2. The maximum absolute atomic E-state index is 13.3. The van der Waals surface area contributed by atoms with Crippen molar-refractivity contribution < 1.29 is 9.59 Å². The van der Waals surface area contributed by atoms with Gasteiger partial charge in [-0.2, -0.15) is 0 Å². The molecule has 3 fully saturated rings. The van der Waals surface area contributed by atoms with E-state index in [1.807, 2.05) is 17.0 Å². The summed E-state index contributed by atoms with van der Waals surface area (Å²) < 4.78 is 0. The maximum atomic E-state index is 13.3. The molecule has 3 aliphatic rings. The minimum Gasteiger partial charge on any atom is -0.336 e. The topological polar surface area (TPSA) is 90.8 Å². The fourth-order valence-electron chi connectivity index (χ4n) is 5.23. The van der Waals surface area contributed by atoms with Gasteiger partial charge in [0.15, 0.2) is 0 Å². The van der Waals surface area contributed by atoms with Gasteiger partial charge in [-0.1, -0.05) is 19.3 Å². The Bertz CT molecular complexity index is 1010. The van der Waals surface area contributed by atoms with Gasteiger partial charge in [0.25, 0.3) is 5.91 Å². The first kappa shape index (κ1) is 20.6. The van der Waals surface area contributed by atoms with E-state index in [1.165, 1.54) is 19.3 Å². The number of rotatable bonds is 3. The molecule has 32 heavy (non-hydrogen) atoms. The fourth-order valence-corrected chi connectivity index (χ4v) is 5.23. The molecule has 4 heterocycles. The van der Waals surface area contributed by atoms with E-state index in [1.54, 1.807) is 41.8 Å². The van der Waals surface area contributed by atoms with Crippen LogP contribution < -0.4 is 10.2 Å². The highest BCUT2D eigenvalue weighted by Crippen LogP contribution is 2.37. The van der Waals surface area contributed by atoms with Crippen LogP contribution in [0.3, 0.4) is 0 Å². The van der Waals surface area contributed by atoms with Crippen molar-refractivity contribution in [2.75, 3.05) is 18.0 Å². The van der Waals surface area contributed by atoms with Gasteiger partial charge in [-0.15, -0.1) is 0 Å². The molecule has 0 bridgehead atoms. The van der Waals surface area contributed by atoms with Gasteiger partial charge >= 0.3 is 6.03 Å². The van der Waals surface area contributed by atoms with Gasteiger partial charge in [-0.05, 0) is 49.9 Å². The number of hydrogen-bond acceptors (Lipinski definition) is 5. The van der Waals surface area contributed by atoms with E-state index in [9.17, 15) is 9.59 Å². The number of carbonyl (C=O) groups is 2. The van der Waals surface area contributed by atoms with Crippen LogP contribution in [0, 0.1) is 0 Å². The minimum absolute atomic E-state index is 0.0697. The summed E-state index contributed by atoms with van der Waals surface area (Å²) in [4.78, 5) is 43.5. The first-order valence-corrected chi connectivity index (χ1v) is 11.5. The van der Waals surface area contributed by atoms with E-state index in [0.717, 1.165) is 31.4 Å². The van der Waals surface area contributed by atoms with E-state index in [-0.39, 0.29) is 18.0 Å². The highest BCUT2D eigenvalue weighted by Gasteiger charge is 2.54. The summed E-state index contributed by atoms with van der Waals surface area (Å²) in [5, 5.41) is 3.07. The zero-order valence-corrected chi connectivity index (χ0v) is 18.1. The average molecular weight is 433 g/mol. The molecular formula is C24H28N6O2. The lowest BCUT2D eigenvalue weighted by Crippen LogP contribution is -2.61. The SMILES string of the molecule is O=C(c1cccnc1)N1CCCC2(C1)C(=NC1CCCCC1)NC(=O)N2c1cccnc1. The van der Waals surface area contributed by atoms with E-state index in [0.29, 0.717) is 24.5 Å². The van der Waals surface area contributed by atoms with Crippen LogP contribution in [-0.4, -0.2) is 57.3 Å². The predicted molar refractivity (Wildman–Crippen MR) is 122 cm³/mol. The largest absolute Gasteiger partial charge is 0.336 e. The molecule has 8 heteroatoms. The van der Waals surface area contributed by atoms with Gasteiger partial charge in [0.1, 0.15) is 11.4 Å². The number of pyridine rings is 2. The molecule has 8 nitrogen and oxygen atoms in total. The van der Waals surface area contributed by atoms with Crippen molar-refractivity contribution >= 4 is 23.5 Å². The molecule has 0 aromatic carbocycles. The van der Waals surface area contributed by atoms with Crippen LogP contribution in [0.15, 0.2) is 54.0 Å². The lowest BCUT2D eigenvalue weighted by Gasteiger charge is -2.44. The van der Waals surface area contributed by atoms with E-state index < -0.39 is 5.54 Å². The Labute approximate surface area is 187 Å². The Morgan fingerprint density at radius 2 is 1.84 bits per heavy atom. The number of likely N-dealkylation sites (tertiary alicyclic amines) is 1. The number of hydrogen-bond donors (Lipinski definition) is 1. The number of amides is 3. The highest BCUT2D eigenvalue weighted by molar-refractivity contribution is 6.19. The molecule has 1 N–H and O–H groups in total. The summed E-state index contributed by atoms with van der Waals surface area (Å²) in [6.45, 7) is 1.03. The predicted octanol–water partition coefficient (Wildman–Crippen LogP) is 3.41. The number of nitrogens with one attached hydrogen (secondary N) is 1. The van der Waals surface area contributed by atoms with Crippen molar-refractivity contribution in [3.63, 3.8) is 0 Å². The third-order valence-electron chi connectivity index (χ3n) is 6.75. The van der Waals surface area contributed by atoms with Crippen LogP contribution in [0.4, 0.5) is 10.5 Å². The van der Waals surface area contributed by atoms with Gasteiger partial charge in [-0.3, -0.25) is 30.0 Å². The first-order chi connectivity index (χ1) is 15.7. The summed E-state index contributed by atoms with van der Waals surface area (Å²) in [5.74, 6) is 0.626. The molecule has 2 aromatic rings. The van der Waals surface area contributed by atoms with Gasteiger partial charge < -0.3 is 4.90 Å². The number of amidine groups is 1. The summed E-state index contributed by atoms with van der Waals surface area (Å²) in [5.41, 5.74) is 0.559. The molecular weight excluding hydrogens is 404 g/mol. The van der Waals surface area contributed by atoms with Gasteiger partial charge in [0.2, 0.25) is 0 Å².